The molecule has 0 aliphatic rings. The molecule has 0 saturated carbocycles. The van der Waals surface area contributed by atoms with Gasteiger partial charge in [0.25, 0.3) is 0 Å². The summed E-state index contributed by atoms with van der Waals surface area (Å²) >= 11 is 0. The molecule has 4 aromatic rings. The minimum Gasteiger partial charge on any atom is -0.399 e. The van der Waals surface area contributed by atoms with Crippen molar-refractivity contribution < 1.29 is 10.0 Å². The zero-order valence-corrected chi connectivity index (χ0v) is 19.1. The summed E-state index contributed by atoms with van der Waals surface area (Å²) < 4.78 is 2.23. The Morgan fingerprint density at radius 3 is 2.50 bits per heavy atom. The lowest BCUT2D eigenvalue weighted by Gasteiger charge is -2.11. The molecule has 0 aliphatic heterocycles. The summed E-state index contributed by atoms with van der Waals surface area (Å²) in [5.41, 5.74) is 12.5. The summed E-state index contributed by atoms with van der Waals surface area (Å²) in [6, 6.07) is 20.2. The van der Waals surface area contributed by atoms with Crippen LogP contribution in [-0.4, -0.2) is 25.6 Å². The number of aryl methyl sites for hydroxylation is 1. The summed E-state index contributed by atoms with van der Waals surface area (Å²) in [5.74, 6) is 0.466. The molecule has 0 saturated heterocycles. The lowest BCUT2D eigenvalue weighted by Crippen LogP contribution is -2.17. The number of nitrogen functional groups attached to an aromatic ring is 1. The molecule has 8 heteroatoms. The first kappa shape index (κ1) is 23.3. The van der Waals surface area contributed by atoms with Gasteiger partial charge in [0.05, 0.1) is 11.1 Å². The van der Waals surface area contributed by atoms with Crippen LogP contribution < -0.4 is 16.5 Å². The first-order valence-corrected chi connectivity index (χ1v) is 11.6. The maximum atomic E-state index is 11.2. The zero-order valence-electron chi connectivity index (χ0n) is 19.1. The average Bonchev–Trinajstić information content (AvgIpc) is 3.24. The van der Waals surface area contributed by atoms with Crippen LogP contribution in [0, 0.1) is 0 Å². The van der Waals surface area contributed by atoms with Crippen molar-refractivity contribution in [2.45, 2.75) is 45.2 Å². The van der Waals surface area contributed by atoms with Gasteiger partial charge in [0.2, 0.25) is 5.91 Å². The van der Waals surface area contributed by atoms with E-state index in [1.807, 2.05) is 42.5 Å². The third-order valence-corrected chi connectivity index (χ3v) is 5.86. The molecule has 1 amide bonds. The van der Waals surface area contributed by atoms with Crippen molar-refractivity contribution in [1.29, 1.82) is 0 Å². The van der Waals surface area contributed by atoms with E-state index in [2.05, 4.69) is 38.1 Å². The minimum absolute atomic E-state index is 0.337. The van der Waals surface area contributed by atoms with Crippen LogP contribution >= 0.6 is 0 Å². The van der Waals surface area contributed by atoms with Gasteiger partial charge < -0.3 is 15.6 Å². The van der Waals surface area contributed by atoms with Gasteiger partial charge in [-0.05, 0) is 42.2 Å². The molecule has 34 heavy (non-hydrogen) atoms. The van der Waals surface area contributed by atoms with E-state index >= 15 is 0 Å². The van der Waals surface area contributed by atoms with Gasteiger partial charge in [-0.2, -0.15) is 0 Å². The molecule has 2 aromatic heterocycles. The highest BCUT2D eigenvalue weighted by atomic mass is 16.5. The van der Waals surface area contributed by atoms with E-state index in [0.29, 0.717) is 13.0 Å². The van der Waals surface area contributed by atoms with Gasteiger partial charge in [-0.25, -0.2) is 15.4 Å². The zero-order chi connectivity index (χ0) is 23.8. The fourth-order valence-electron chi connectivity index (χ4n) is 4.07. The molecule has 0 atom stereocenters. The number of unbranched alkanes of at least 4 members (excludes halogenated alkanes) is 3. The molecule has 0 spiro atoms. The SMILES string of the molecule is Nc1ccc(-c2cc3c(NCc4ccccc4)ncnc3n2CCCCCCC(=O)NO)cc1. The van der Waals surface area contributed by atoms with E-state index in [4.69, 9.17) is 10.9 Å². The summed E-state index contributed by atoms with van der Waals surface area (Å²) in [7, 11) is 0. The predicted octanol–water partition coefficient (Wildman–Crippen LogP) is 4.75. The first-order chi connectivity index (χ1) is 16.7. The standard InChI is InChI=1S/C26H30N6O2/c27-21-13-11-20(12-14-21)23-16-22-25(28-17-19-8-4-3-5-9-19)29-18-30-26(22)32(23)15-7-2-1-6-10-24(33)31-34/h3-5,8-9,11-14,16,18,34H,1-2,6-7,10,15,17,27H2,(H,31,33)(H,28,29,30). The lowest BCUT2D eigenvalue weighted by atomic mass is 10.1. The Morgan fingerprint density at radius 1 is 0.971 bits per heavy atom. The maximum absolute atomic E-state index is 11.2. The number of nitrogens with zero attached hydrogens (tertiary/aromatic N) is 3. The van der Waals surface area contributed by atoms with E-state index in [1.54, 1.807) is 11.8 Å². The van der Waals surface area contributed by atoms with Gasteiger partial charge in [-0.3, -0.25) is 10.0 Å². The second-order valence-electron chi connectivity index (χ2n) is 8.30. The van der Waals surface area contributed by atoms with Crippen LogP contribution in [0.5, 0.6) is 0 Å². The number of hydroxylamine groups is 1. The first-order valence-electron chi connectivity index (χ1n) is 11.6. The molecule has 0 bridgehead atoms. The summed E-state index contributed by atoms with van der Waals surface area (Å²) in [5, 5.41) is 13.1. The molecule has 4 rings (SSSR count). The van der Waals surface area contributed by atoms with Crippen LogP contribution in [-0.2, 0) is 17.9 Å². The van der Waals surface area contributed by atoms with E-state index < -0.39 is 0 Å². The number of aromatic nitrogens is 3. The maximum Gasteiger partial charge on any atom is 0.243 e. The fraction of sp³-hybridized carbons (Fsp3) is 0.269. The van der Waals surface area contributed by atoms with E-state index in [9.17, 15) is 4.79 Å². The Bertz CT molecular complexity index is 1220. The number of nitrogens with one attached hydrogen (secondary N) is 2. The molecule has 0 aliphatic carbocycles. The summed E-state index contributed by atoms with van der Waals surface area (Å²) in [4.78, 5) is 20.3. The largest absolute Gasteiger partial charge is 0.399 e. The van der Waals surface area contributed by atoms with Gasteiger partial charge in [0, 0.05) is 25.2 Å². The van der Waals surface area contributed by atoms with Crippen LogP contribution in [0.25, 0.3) is 22.3 Å². The molecule has 2 heterocycles. The second kappa shape index (κ2) is 11.3. The average molecular weight is 459 g/mol. The van der Waals surface area contributed by atoms with Crippen LogP contribution in [0.4, 0.5) is 11.5 Å². The number of rotatable bonds is 11. The van der Waals surface area contributed by atoms with Crippen molar-refractivity contribution in [3.63, 3.8) is 0 Å². The highest BCUT2D eigenvalue weighted by Gasteiger charge is 2.15. The van der Waals surface area contributed by atoms with Crippen molar-refractivity contribution >= 4 is 28.4 Å². The Morgan fingerprint density at radius 2 is 1.74 bits per heavy atom. The predicted molar refractivity (Wildman–Crippen MR) is 134 cm³/mol. The van der Waals surface area contributed by atoms with Crippen molar-refractivity contribution in [2.75, 3.05) is 11.1 Å². The summed E-state index contributed by atoms with van der Waals surface area (Å²) in [6.07, 6.45) is 5.53. The molecule has 5 N–H and O–H groups in total. The molecule has 2 aromatic carbocycles. The van der Waals surface area contributed by atoms with Crippen molar-refractivity contribution in [3.8, 4) is 11.3 Å². The smallest absolute Gasteiger partial charge is 0.243 e. The van der Waals surface area contributed by atoms with Gasteiger partial charge in [-0.1, -0.05) is 55.3 Å². The van der Waals surface area contributed by atoms with E-state index in [-0.39, 0.29) is 5.91 Å². The third-order valence-electron chi connectivity index (χ3n) is 5.86. The van der Waals surface area contributed by atoms with Crippen molar-refractivity contribution in [1.82, 2.24) is 20.0 Å². The van der Waals surface area contributed by atoms with E-state index in [0.717, 1.165) is 66.0 Å². The Kier molecular flexibility index (Phi) is 7.72. The Hall–Kier alpha value is -3.91. The Balaban J connectivity index is 1.56. The number of carbonyl (C=O) groups excluding carboxylic acids is 1. The Labute approximate surface area is 198 Å². The highest BCUT2D eigenvalue weighted by Crippen LogP contribution is 2.31. The molecule has 8 nitrogen and oxygen atoms in total. The fourth-order valence-corrected chi connectivity index (χ4v) is 4.07. The number of hydrogen-bond acceptors (Lipinski definition) is 6. The van der Waals surface area contributed by atoms with Crippen LogP contribution in [0.2, 0.25) is 0 Å². The molecular weight excluding hydrogens is 428 g/mol. The third kappa shape index (κ3) is 5.71. The van der Waals surface area contributed by atoms with Crippen LogP contribution in [0.15, 0.2) is 67.0 Å². The summed E-state index contributed by atoms with van der Waals surface area (Å²) in [6.45, 7) is 1.47. The molecule has 0 unspecified atom stereocenters. The highest BCUT2D eigenvalue weighted by molar-refractivity contribution is 5.92. The topological polar surface area (TPSA) is 118 Å². The van der Waals surface area contributed by atoms with Crippen molar-refractivity contribution in [3.05, 3.63) is 72.6 Å². The minimum atomic E-state index is -0.339. The van der Waals surface area contributed by atoms with Crippen LogP contribution in [0.1, 0.15) is 37.7 Å². The normalized spacial score (nSPS) is 11.0. The van der Waals surface area contributed by atoms with Crippen molar-refractivity contribution in [2.24, 2.45) is 0 Å². The number of fused-ring (bicyclic) bond motifs is 1. The molecule has 176 valence electrons. The molecule has 0 radical (unpaired) electrons. The number of benzene rings is 2. The van der Waals surface area contributed by atoms with Crippen LogP contribution in [0.3, 0.4) is 0 Å². The number of nitrogens with two attached hydrogens (primary N) is 1. The van der Waals surface area contributed by atoms with Gasteiger partial charge in [0.1, 0.15) is 17.8 Å². The lowest BCUT2D eigenvalue weighted by molar-refractivity contribution is -0.129. The monoisotopic (exact) mass is 458 g/mol. The van der Waals surface area contributed by atoms with Gasteiger partial charge in [-0.15, -0.1) is 0 Å². The second-order valence-corrected chi connectivity index (χ2v) is 8.30. The van der Waals surface area contributed by atoms with Gasteiger partial charge >= 0.3 is 0 Å². The number of amides is 1. The van der Waals surface area contributed by atoms with Gasteiger partial charge in [0.15, 0.2) is 0 Å². The number of hydrogen-bond donors (Lipinski definition) is 4. The van der Waals surface area contributed by atoms with E-state index in [1.165, 1.54) is 5.56 Å². The quantitative estimate of drug-likeness (QED) is 0.111. The molecular formula is C26H30N6O2. The molecule has 0 fully saturated rings. The number of anilines is 2. The number of carbonyl (C=O) groups is 1.